The summed E-state index contributed by atoms with van der Waals surface area (Å²) >= 11 is 0. The van der Waals surface area contributed by atoms with E-state index in [2.05, 4.69) is 14.8 Å². The third-order valence-corrected chi connectivity index (χ3v) is 0.989. The predicted octanol–water partition coefficient (Wildman–Crippen LogP) is -1.42. The van der Waals surface area contributed by atoms with E-state index in [0.29, 0.717) is 0 Å². The van der Waals surface area contributed by atoms with Crippen LogP contribution in [-0.4, -0.2) is 24.9 Å². The standard InChI is InChI=1S/C6H16N4O3/c1-5(2,7)12-4(11)13-6(8,9)10-3/h10H,7-9H2,1-3H3. The fourth-order valence-corrected chi connectivity index (χ4v) is 0.425. The normalized spacial score (nSPS) is 12.5. The van der Waals surface area contributed by atoms with Gasteiger partial charge in [0.1, 0.15) is 0 Å². The molecule has 0 aromatic rings. The van der Waals surface area contributed by atoms with Gasteiger partial charge < -0.3 is 9.47 Å². The van der Waals surface area contributed by atoms with Gasteiger partial charge in [-0.15, -0.1) is 0 Å². The monoisotopic (exact) mass is 192 g/mol. The highest BCUT2D eigenvalue weighted by Gasteiger charge is 2.26. The number of hydrogen-bond donors (Lipinski definition) is 4. The van der Waals surface area contributed by atoms with Crippen molar-refractivity contribution in [3.05, 3.63) is 0 Å². The summed E-state index contributed by atoms with van der Waals surface area (Å²) in [7, 11) is 1.43. The first-order valence-corrected chi connectivity index (χ1v) is 3.64. The molecule has 0 amide bonds. The Labute approximate surface area is 76.5 Å². The molecule has 78 valence electrons. The van der Waals surface area contributed by atoms with Crippen LogP contribution in [0.3, 0.4) is 0 Å². The van der Waals surface area contributed by atoms with Crippen LogP contribution in [0.15, 0.2) is 0 Å². The third-order valence-electron chi connectivity index (χ3n) is 0.989. The van der Waals surface area contributed by atoms with Crippen LogP contribution in [0.2, 0.25) is 0 Å². The average molecular weight is 192 g/mol. The van der Waals surface area contributed by atoms with Crippen molar-refractivity contribution in [3.8, 4) is 0 Å². The molecule has 7 nitrogen and oxygen atoms in total. The maximum atomic E-state index is 10.9. The molecule has 0 atom stereocenters. The van der Waals surface area contributed by atoms with Crippen molar-refractivity contribution in [1.82, 2.24) is 5.32 Å². The van der Waals surface area contributed by atoms with E-state index in [1.54, 1.807) is 0 Å². The Morgan fingerprint density at radius 1 is 1.23 bits per heavy atom. The minimum atomic E-state index is -1.75. The molecule has 0 saturated carbocycles. The Morgan fingerprint density at radius 3 is 2.00 bits per heavy atom. The molecular formula is C6H16N4O3. The summed E-state index contributed by atoms with van der Waals surface area (Å²) in [6, 6.07) is 0. The van der Waals surface area contributed by atoms with Gasteiger partial charge >= 0.3 is 6.16 Å². The van der Waals surface area contributed by atoms with Crippen molar-refractivity contribution in [1.29, 1.82) is 0 Å². The highest BCUT2D eigenvalue weighted by molar-refractivity contribution is 5.60. The maximum absolute atomic E-state index is 10.9. The Hall–Kier alpha value is -0.890. The van der Waals surface area contributed by atoms with E-state index >= 15 is 0 Å². The van der Waals surface area contributed by atoms with Crippen molar-refractivity contribution >= 4 is 6.16 Å². The van der Waals surface area contributed by atoms with Crippen LogP contribution in [0.25, 0.3) is 0 Å². The zero-order valence-electron chi connectivity index (χ0n) is 7.96. The van der Waals surface area contributed by atoms with Crippen molar-refractivity contribution in [3.63, 3.8) is 0 Å². The molecule has 0 radical (unpaired) electrons. The second kappa shape index (κ2) is 3.88. The highest BCUT2D eigenvalue weighted by Crippen LogP contribution is 2.03. The fourth-order valence-electron chi connectivity index (χ4n) is 0.425. The van der Waals surface area contributed by atoms with Crippen molar-refractivity contribution in [2.24, 2.45) is 17.2 Å². The lowest BCUT2D eigenvalue weighted by atomic mass is 10.3. The zero-order chi connectivity index (χ0) is 10.7. The Balaban J connectivity index is 4.03. The number of rotatable bonds is 3. The number of carbonyl (C=O) groups excluding carboxylic acids is 1. The predicted molar refractivity (Wildman–Crippen MR) is 46.0 cm³/mol. The molecule has 0 aliphatic rings. The second-order valence-corrected chi connectivity index (χ2v) is 3.10. The van der Waals surface area contributed by atoms with Crippen LogP contribution in [0.5, 0.6) is 0 Å². The summed E-state index contributed by atoms with van der Waals surface area (Å²) in [5, 5.41) is 2.35. The van der Waals surface area contributed by atoms with Gasteiger partial charge in [-0.2, -0.15) is 0 Å². The fraction of sp³-hybridized carbons (Fsp3) is 0.833. The summed E-state index contributed by atoms with van der Waals surface area (Å²) in [5.74, 6) is -1.75. The number of ether oxygens (including phenoxy) is 2. The maximum Gasteiger partial charge on any atom is 0.513 e. The summed E-state index contributed by atoms with van der Waals surface area (Å²) in [6.45, 7) is 2.98. The van der Waals surface area contributed by atoms with Crippen LogP contribution in [0.4, 0.5) is 4.79 Å². The van der Waals surface area contributed by atoms with Gasteiger partial charge in [0.05, 0.1) is 0 Å². The molecule has 0 heterocycles. The summed E-state index contributed by atoms with van der Waals surface area (Å²) in [6.07, 6.45) is -1.04. The van der Waals surface area contributed by atoms with Crippen LogP contribution in [-0.2, 0) is 9.47 Å². The molecule has 7 N–H and O–H groups in total. The second-order valence-electron chi connectivity index (χ2n) is 3.10. The van der Waals surface area contributed by atoms with Gasteiger partial charge in [0.25, 0.3) is 5.97 Å². The SMILES string of the molecule is CNC(N)(N)OC(=O)OC(C)(C)N. The van der Waals surface area contributed by atoms with Crippen molar-refractivity contribution in [2.75, 3.05) is 7.05 Å². The molecule has 0 bridgehead atoms. The molecule has 0 unspecified atom stereocenters. The largest absolute Gasteiger partial charge is 0.513 e. The van der Waals surface area contributed by atoms with Crippen LogP contribution < -0.4 is 22.5 Å². The van der Waals surface area contributed by atoms with Crippen LogP contribution >= 0.6 is 0 Å². The van der Waals surface area contributed by atoms with Gasteiger partial charge in [-0.1, -0.05) is 0 Å². The van der Waals surface area contributed by atoms with Gasteiger partial charge in [0, 0.05) is 0 Å². The van der Waals surface area contributed by atoms with Gasteiger partial charge in [0.2, 0.25) is 0 Å². The Kier molecular flexibility index (Phi) is 3.61. The van der Waals surface area contributed by atoms with Crippen LogP contribution in [0, 0.1) is 0 Å². The Bertz CT molecular complexity index is 187. The summed E-state index contributed by atoms with van der Waals surface area (Å²) in [5.41, 5.74) is 14.7. The molecule has 0 aliphatic heterocycles. The van der Waals surface area contributed by atoms with Crippen molar-refractivity contribution < 1.29 is 14.3 Å². The van der Waals surface area contributed by atoms with Crippen molar-refractivity contribution in [2.45, 2.75) is 25.5 Å². The topological polar surface area (TPSA) is 126 Å². The summed E-state index contributed by atoms with van der Waals surface area (Å²) in [4.78, 5) is 10.9. The van der Waals surface area contributed by atoms with E-state index in [4.69, 9.17) is 17.2 Å². The van der Waals surface area contributed by atoms with Gasteiger partial charge in [0.15, 0.2) is 5.72 Å². The molecule has 0 rings (SSSR count). The lowest BCUT2D eigenvalue weighted by molar-refractivity contribution is -0.0755. The molecular weight excluding hydrogens is 176 g/mol. The first-order chi connectivity index (χ1) is 5.66. The number of nitrogens with two attached hydrogens (primary N) is 3. The van der Waals surface area contributed by atoms with Gasteiger partial charge in [-0.05, 0) is 20.9 Å². The first-order valence-electron chi connectivity index (χ1n) is 3.64. The van der Waals surface area contributed by atoms with Crippen LogP contribution in [0.1, 0.15) is 13.8 Å². The van der Waals surface area contributed by atoms with E-state index in [1.807, 2.05) is 0 Å². The van der Waals surface area contributed by atoms with E-state index in [1.165, 1.54) is 20.9 Å². The quantitative estimate of drug-likeness (QED) is 0.319. The van der Waals surface area contributed by atoms with Gasteiger partial charge in [-0.25, -0.2) is 4.79 Å². The number of nitrogens with one attached hydrogen (secondary N) is 1. The molecule has 13 heavy (non-hydrogen) atoms. The molecule has 0 fully saturated rings. The van der Waals surface area contributed by atoms with E-state index < -0.39 is 17.9 Å². The van der Waals surface area contributed by atoms with E-state index in [9.17, 15) is 4.79 Å². The minimum absolute atomic E-state index is 1.04. The van der Waals surface area contributed by atoms with E-state index in [0.717, 1.165) is 0 Å². The first kappa shape index (κ1) is 12.1. The molecule has 0 spiro atoms. The zero-order valence-corrected chi connectivity index (χ0v) is 7.96. The van der Waals surface area contributed by atoms with Gasteiger partial charge in [-0.3, -0.25) is 22.5 Å². The van der Waals surface area contributed by atoms with E-state index in [-0.39, 0.29) is 0 Å². The third kappa shape index (κ3) is 6.29. The molecule has 0 aromatic heterocycles. The number of carbonyl (C=O) groups is 1. The summed E-state index contributed by atoms with van der Waals surface area (Å²) < 4.78 is 9.06. The molecule has 0 saturated heterocycles. The minimum Gasteiger partial charge on any atom is -0.413 e. The number of hydrogen-bond acceptors (Lipinski definition) is 7. The lowest BCUT2D eigenvalue weighted by Crippen LogP contribution is -2.63. The average Bonchev–Trinajstić information content (AvgIpc) is 1.81. The Morgan fingerprint density at radius 2 is 1.69 bits per heavy atom. The molecule has 0 aliphatic carbocycles. The lowest BCUT2D eigenvalue weighted by Gasteiger charge is -2.25. The smallest absolute Gasteiger partial charge is 0.413 e. The molecule has 0 aromatic carbocycles. The highest BCUT2D eigenvalue weighted by atomic mass is 16.8. The molecule has 7 heteroatoms.